The van der Waals surface area contributed by atoms with Gasteiger partial charge < -0.3 is 10.6 Å². The predicted molar refractivity (Wildman–Crippen MR) is 97.4 cm³/mol. The van der Waals surface area contributed by atoms with Crippen LogP contribution >= 0.6 is 17.0 Å². The second-order valence-electron chi connectivity index (χ2n) is 8.98. The second kappa shape index (κ2) is 11.0. The molecule has 128 valence electrons. The van der Waals surface area contributed by atoms with Gasteiger partial charge in [-0.2, -0.15) is 0 Å². The molecule has 0 aromatic rings. The van der Waals surface area contributed by atoms with Gasteiger partial charge in [-0.05, 0) is 0 Å². The normalized spacial score (nSPS) is 12.5. The Morgan fingerprint density at radius 1 is 0.476 bits per heavy atom. The fraction of sp³-hybridized carbons (Fsp3) is 1.00. The third-order valence-electron chi connectivity index (χ3n) is 1.34. The van der Waals surface area contributed by atoms with Gasteiger partial charge in [0.15, 0.2) is 0 Å². The van der Waals surface area contributed by atoms with Gasteiger partial charge in [0, 0.05) is 0 Å². The molecule has 0 N–H and O–H groups in total. The molecule has 0 rings (SSSR count). The Morgan fingerprint density at radius 3 is 0.571 bits per heavy atom. The first-order chi connectivity index (χ1) is 8.83. The van der Waals surface area contributed by atoms with E-state index in [1.807, 2.05) is 0 Å². The van der Waals surface area contributed by atoms with Gasteiger partial charge in [0.2, 0.25) is 0 Å². The summed E-state index contributed by atoms with van der Waals surface area (Å²) in [6, 6.07) is 0. The van der Waals surface area contributed by atoms with Gasteiger partial charge in [0.25, 0.3) is 0 Å². The van der Waals surface area contributed by atoms with E-state index in [9.17, 15) is 0 Å². The zero-order chi connectivity index (χ0) is 18.1. The minimum atomic E-state index is -0.826. The van der Waals surface area contributed by atoms with Crippen molar-refractivity contribution in [2.45, 2.75) is 105 Å². The molecule has 5 heteroatoms. The average molecular weight is 419 g/mol. The van der Waals surface area contributed by atoms with Crippen molar-refractivity contribution in [1.29, 1.82) is 0 Å². The van der Waals surface area contributed by atoms with Gasteiger partial charge >= 0.3 is 37.9 Å². The first-order valence-electron chi connectivity index (χ1n) is 7.27. The van der Waals surface area contributed by atoms with E-state index in [1.54, 1.807) is 0 Å². The molecule has 0 amide bonds. The van der Waals surface area contributed by atoms with Crippen molar-refractivity contribution < 1.29 is 20.8 Å². The van der Waals surface area contributed by atoms with E-state index in [0.29, 0.717) is 0 Å². The van der Waals surface area contributed by atoms with Crippen molar-refractivity contribution >= 4 is 17.0 Å². The summed E-state index contributed by atoms with van der Waals surface area (Å²) in [5.74, 6) is 0. The zero-order valence-corrected chi connectivity index (χ0v) is 20.1. The summed E-state index contributed by atoms with van der Waals surface area (Å²) in [7, 11) is 9.87. The van der Waals surface area contributed by atoms with Gasteiger partial charge in [-0.1, -0.05) is 83.1 Å². The molecule has 0 saturated heterocycles. The number of nitrogens with zero attached hydrogens (tertiary/aromatic N) is 2. The van der Waals surface area contributed by atoms with Crippen LogP contribution in [-0.2, 0) is 20.8 Å². The Kier molecular flexibility index (Phi) is 14.3. The van der Waals surface area contributed by atoms with Crippen molar-refractivity contribution in [3.8, 4) is 0 Å². The predicted octanol–water partition coefficient (Wildman–Crippen LogP) is 7.29. The van der Waals surface area contributed by atoms with Gasteiger partial charge in [-0.15, -0.1) is 22.2 Å². The van der Waals surface area contributed by atoms with E-state index in [2.05, 4.69) is 93.7 Å². The second-order valence-corrected chi connectivity index (χ2v) is 12.7. The average Bonchev–Trinajstić information content (AvgIpc) is 1.88. The zero-order valence-electron chi connectivity index (χ0n) is 16.2. The molecule has 0 aliphatic rings. The van der Waals surface area contributed by atoms with E-state index in [4.69, 9.17) is 17.0 Å². The molecular formula is C16H36Cl2N2Zr. The Balaban J connectivity index is -0.000000260. The molecule has 0 aromatic heterocycles. The fourth-order valence-electron chi connectivity index (χ4n) is 2.01. The van der Waals surface area contributed by atoms with E-state index < -0.39 is 20.8 Å². The Morgan fingerprint density at radius 2 is 0.571 bits per heavy atom. The molecule has 0 saturated carbocycles. The van der Waals surface area contributed by atoms with Gasteiger partial charge in [-0.3, -0.25) is 0 Å². The molecule has 0 fully saturated rings. The molecular weight excluding hydrogens is 382 g/mol. The maximum atomic E-state index is 4.93. The van der Waals surface area contributed by atoms with E-state index in [0.717, 1.165) is 0 Å². The summed E-state index contributed by atoms with van der Waals surface area (Å²) in [4.78, 5) is 0. The van der Waals surface area contributed by atoms with Crippen LogP contribution in [0.3, 0.4) is 0 Å². The van der Waals surface area contributed by atoms with Crippen molar-refractivity contribution in [2.75, 3.05) is 0 Å². The van der Waals surface area contributed by atoms with Gasteiger partial charge in [0.05, 0.1) is 0 Å². The number of hydrogen-bond acceptors (Lipinski definition) is 0. The molecule has 0 heterocycles. The van der Waals surface area contributed by atoms with Crippen LogP contribution in [0.5, 0.6) is 0 Å². The first kappa shape index (κ1) is 27.2. The van der Waals surface area contributed by atoms with Crippen molar-refractivity contribution in [1.82, 2.24) is 0 Å². The monoisotopic (exact) mass is 416 g/mol. The Labute approximate surface area is 153 Å². The quantitative estimate of drug-likeness (QED) is 0.395. The van der Waals surface area contributed by atoms with Gasteiger partial charge in [0.1, 0.15) is 0 Å². The van der Waals surface area contributed by atoms with Crippen LogP contribution in [0.15, 0.2) is 0 Å². The maximum absolute atomic E-state index is 4.93. The summed E-state index contributed by atoms with van der Waals surface area (Å²) in [5, 5.41) is 9.08. The van der Waals surface area contributed by atoms with E-state index in [1.165, 1.54) is 0 Å². The number of rotatable bonds is 0. The third-order valence-corrected chi connectivity index (χ3v) is 1.34. The van der Waals surface area contributed by atoms with Crippen molar-refractivity contribution in [3.63, 3.8) is 0 Å². The van der Waals surface area contributed by atoms with Crippen LogP contribution in [0.25, 0.3) is 10.6 Å². The topological polar surface area (TPSA) is 28.2 Å². The van der Waals surface area contributed by atoms with Crippen molar-refractivity contribution in [2.24, 2.45) is 0 Å². The third kappa shape index (κ3) is 44.9. The molecule has 2 nitrogen and oxygen atoms in total. The summed E-state index contributed by atoms with van der Waals surface area (Å²) in [6.07, 6.45) is 0. The van der Waals surface area contributed by atoms with Crippen LogP contribution in [0.4, 0.5) is 0 Å². The molecule has 0 aliphatic heterocycles. The SMILES string of the molecule is CC(C)(C)[N-]C(C)(C)C.CC(C)(C)[N-]C(C)(C)C.[Cl][Zr+2][Cl]. The standard InChI is InChI=1S/2C8H18N.2ClH.Zr/c2*1-7(2,3)9-8(4,5)6;;;/h2*1-6H3;2*1H;/q2*-1;;;+4/p-2. The number of hydrogen-bond donors (Lipinski definition) is 0. The molecule has 0 unspecified atom stereocenters. The molecule has 0 spiro atoms. The molecule has 0 radical (unpaired) electrons. The minimum absolute atomic E-state index is 0.109. The first-order valence-corrected chi connectivity index (χ1v) is 13.6. The summed E-state index contributed by atoms with van der Waals surface area (Å²) in [6.45, 7) is 25.5. The summed E-state index contributed by atoms with van der Waals surface area (Å²) in [5.41, 5.74) is 0.438. The summed E-state index contributed by atoms with van der Waals surface area (Å²) < 4.78 is 0. The molecule has 0 aromatic carbocycles. The fourth-order valence-corrected chi connectivity index (χ4v) is 2.01. The van der Waals surface area contributed by atoms with Crippen LogP contribution < -0.4 is 0 Å². The number of halogens is 2. The Bertz CT molecular complexity index is 193. The van der Waals surface area contributed by atoms with Crippen LogP contribution in [0, 0.1) is 0 Å². The summed E-state index contributed by atoms with van der Waals surface area (Å²) >= 11 is -0.826. The van der Waals surface area contributed by atoms with Gasteiger partial charge in [-0.25, -0.2) is 0 Å². The molecule has 21 heavy (non-hydrogen) atoms. The van der Waals surface area contributed by atoms with E-state index >= 15 is 0 Å². The van der Waals surface area contributed by atoms with Crippen LogP contribution in [0.2, 0.25) is 0 Å². The van der Waals surface area contributed by atoms with Crippen molar-refractivity contribution in [3.05, 3.63) is 10.6 Å². The van der Waals surface area contributed by atoms with E-state index in [-0.39, 0.29) is 22.2 Å². The molecule has 0 atom stereocenters. The molecule has 0 aliphatic carbocycles. The Hall–Kier alpha value is 1.38. The molecule has 0 bridgehead atoms. The van der Waals surface area contributed by atoms with Crippen LogP contribution in [0.1, 0.15) is 83.1 Å². The van der Waals surface area contributed by atoms with Crippen LogP contribution in [-0.4, -0.2) is 22.2 Å².